The molecule has 2 aromatic carbocycles. The highest BCUT2D eigenvalue weighted by Crippen LogP contribution is 2.26. The van der Waals surface area contributed by atoms with E-state index in [1.165, 1.54) is 5.56 Å². The van der Waals surface area contributed by atoms with Gasteiger partial charge in [0.2, 0.25) is 0 Å². The minimum absolute atomic E-state index is 0.173. The van der Waals surface area contributed by atoms with Crippen LogP contribution in [-0.2, 0) is 0 Å². The molecule has 0 saturated heterocycles. The van der Waals surface area contributed by atoms with Crippen LogP contribution in [0, 0.1) is 0 Å². The fraction of sp³-hybridized carbons (Fsp3) is 0.294. The van der Waals surface area contributed by atoms with Crippen molar-refractivity contribution in [3.05, 3.63) is 69.7 Å². The van der Waals surface area contributed by atoms with Crippen LogP contribution in [0.3, 0.4) is 0 Å². The van der Waals surface area contributed by atoms with Crippen LogP contribution in [0.25, 0.3) is 0 Å². The first-order chi connectivity index (χ1) is 9.58. The number of rotatable bonds is 5. The first-order valence-corrected chi connectivity index (χ1v) is 7.57. The van der Waals surface area contributed by atoms with Gasteiger partial charge in [-0.05, 0) is 42.2 Å². The van der Waals surface area contributed by atoms with Gasteiger partial charge in [-0.15, -0.1) is 0 Å². The van der Waals surface area contributed by atoms with Crippen LogP contribution in [0.2, 0.25) is 10.0 Å². The van der Waals surface area contributed by atoms with E-state index in [-0.39, 0.29) is 6.04 Å². The van der Waals surface area contributed by atoms with Gasteiger partial charge in [-0.2, -0.15) is 0 Å². The summed E-state index contributed by atoms with van der Waals surface area (Å²) in [7, 11) is 0. The maximum absolute atomic E-state index is 6.22. The molecule has 2 unspecified atom stereocenters. The van der Waals surface area contributed by atoms with Gasteiger partial charge in [0.15, 0.2) is 0 Å². The lowest BCUT2D eigenvalue weighted by atomic mass is 10.0. The second kappa shape index (κ2) is 7.12. The van der Waals surface area contributed by atoms with Gasteiger partial charge in [-0.25, -0.2) is 0 Å². The smallest absolute Gasteiger partial charge is 0.0454 e. The minimum Gasteiger partial charge on any atom is -0.310 e. The van der Waals surface area contributed by atoms with Gasteiger partial charge in [-0.3, -0.25) is 0 Å². The van der Waals surface area contributed by atoms with E-state index in [1.54, 1.807) is 0 Å². The molecular weight excluding hydrogens is 289 g/mol. The molecule has 2 aromatic rings. The van der Waals surface area contributed by atoms with Crippen molar-refractivity contribution in [2.75, 3.05) is 6.54 Å². The molecule has 0 spiro atoms. The highest BCUT2D eigenvalue weighted by Gasteiger charge is 2.12. The summed E-state index contributed by atoms with van der Waals surface area (Å²) in [4.78, 5) is 0. The summed E-state index contributed by atoms with van der Waals surface area (Å²) in [5.41, 5.74) is 2.38. The number of nitrogens with one attached hydrogen (secondary N) is 1. The molecule has 0 aromatic heterocycles. The second-order valence-corrected chi connectivity index (χ2v) is 5.95. The van der Waals surface area contributed by atoms with Crippen molar-refractivity contribution in [1.82, 2.24) is 5.32 Å². The molecule has 1 nitrogen and oxygen atoms in total. The third-order valence-electron chi connectivity index (χ3n) is 3.52. The lowest BCUT2D eigenvalue weighted by molar-refractivity contribution is 0.537. The Balaban J connectivity index is 1.98. The summed E-state index contributed by atoms with van der Waals surface area (Å²) in [6.07, 6.45) is 0. The van der Waals surface area contributed by atoms with Crippen molar-refractivity contribution in [3.63, 3.8) is 0 Å². The van der Waals surface area contributed by atoms with Crippen molar-refractivity contribution in [2.45, 2.75) is 25.8 Å². The van der Waals surface area contributed by atoms with Crippen LogP contribution in [0.15, 0.2) is 48.5 Å². The highest BCUT2D eigenvalue weighted by atomic mass is 35.5. The second-order valence-electron chi connectivity index (χ2n) is 5.11. The third kappa shape index (κ3) is 3.99. The Morgan fingerprint density at radius 1 is 1.00 bits per heavy atom. The fourth-order valence-electron chi connectivity index (χ4n) is 2.21. The molecule has 0 heterocycles. The molecule has 106 valence electrons. The Morgan fingerprint density at radius 3 is 2.40 bits per heavy atom. The molecule has 1 N–H and O–H groups in total. The van der Waals surface area contributed by atoms with E-state index < -0.39 is 0 Å². The first kappa shape index (κ1) is 15.4. The first-order valence-electron chi connectivity index (χ1n) is 6.81. The average molecular weight is 308 g/mol. The van der Waals surface area contributed by atoms with E-state index in [0.717, 1.165) is 17.1 Å². The molecule has 2 rings (SSSR count). The Labute approximate surface area is 130 Å². The van der Waals surface area contributed by atoms with Crippen LogP contribution in [0.1, 0.15) is 36.9 Å². The Kier molecular flexibility index (Phi) is 5.47. The zero-order valence-corrected chi connectivity index (χ0v) is 13.2. The third-order valence-corrected chi connectivity index (χ3v) is 4.10. The summed E-state index contributed by atoms with van der Waals surface area (Å²) in [5, 5.41) is 4.99. The van der Waals surface area contributed by atoms with Gasteiger partial charge in [0.1, 0.15) is 0 Å². The molecule has 3 heteroatoms. The Hall–Kier alpha value is -1.02. The van der Waals surface area contributed by atoms with Crippen LogP contribution in [0.4, 0.5) is 0 Å². The van der Waals surface area contributed by atoms with Crippen molar-refractivity contribution >= 4 is 23.2 Å². The average Bonchev–Trinajstić information content (AvgIpc) is 2.47. The molecule has 0 aliphatic carbocycles. The Bertz CT molecular complexity index is 554. The van der Waals surface area contributed by atoms with Crippen LogP contribution in [0.5, 0.6) is 0 Å². The molecule has 0 aliphatic rings. The fourth-order valence-corrected chi connectivity index (χ4v) is 2.67. The summed E-state index contributed by atoms with van der Waals surface area (Å²) < 4.78 is 0. The molecule has 0 amide bonds. The van der Waals surface area contributed by atoms with E-state index in [2.05, 4.69) is 43.4 Å². The summed E-state index contributed by atoms with van der Waals surface area (Å²) in [5.74, 6) is 0.455. The molecule has 0 bridgehead atoms. The van der Waals surface area contributed by atoms with Crippen LogP contribution in [-0.4, -0.2) is 6.54 Å². The van der Waals surface area contributed by atoms with Crippen molar-refractivity contribution in [1.29, 1.82) is 0 Å². The largest absolute Gasteiger partial charge is 0.310 e. The van der Waals surface area contributed by atoms with E-state index in [0.29, 0.717) is 10.9 Å². The summed E-state index contributed by atoms with van der Waals surface area (Å²) >= 11 is 12.3. The molecule has 0 fully saturated rings. The van der Waals surface area contributed by atoms with Crippen molar-refractivity contribution in [3.8, 4) is 0 Å². The molecule has 2 atom stereocenters. The standard InChI is InChI=1S/C17H19Cl2N/c1-12(14-6-4-3-5-7-14)11-20-13(2)16-10-15(18)8-9-17(16)19/h3-10,12-13,20H,11H2,1-2H3. The summed E-state index contributed by atoms with van der Waals surface area (Å²) in [6.45, 7) is 5.22. The molecule has 0 saturated carbocycles. The molecule has 0 aliphatic heterocycles. The van der Waals surface area contributed by atoms with Gasteiger partial charge in [0, 0.05) is 22.6 Å². The predicted octanol–water partition coefficient (Wildman–Crippen LogP) is 5.45. The zero-order valence-electron chi connectivity index (χ0n) is 11.7. The molecule has 20 heavy (non-hydrogen) atoms. The normalized spacial score (nSPS) is 14.0. The number of hydrogen-bond donors (Lipinski definition) is 1. The van der Waals surface area contributed by atoms with Crippen LogP contribution < -0.4 is 5.32 Å². The number of hydrogen-bond acceptors (Lipinski definition) is 1. The zero-order chi connectivity index (χ0) is 14.5. The quantitative estimate of drug-likeness (QED) is 0.774. The predicted molar refractivity (Wildman–Crippen MR) is 87.7 cm³/mol. The van der Waals surface area contributed by atoms with Crippen molar-refractivity contribution in [2.24, 2.45) is 0 Å². The Morgan fingerprint density at radius 2 is 1.70 bits per heavy atom. The highest BCUT2D eigenvalue weighted by molar-refractivity contribution is 6.33. The lowest BCUT2D eigenvalue weighted by Crippen LogP contribution is -2.23. The lowest BCUT2D eigenvalue weighted by Gasteiger charge is -2.19. The summed E-state index contributed by atoms with van der Waals surface area (Å²) in [6, 6.07) is 16.3. The number of halogens is 2. The maximum atomic E-state index is 6.22. The van der Waals surface area contributed by atoms with Gasteiger partial charge in [-0.1, -0.05) is 60.5 Å². The van der Waals surface area contributed by atoms with Gasteiger partial charge in [0.05, 0.1) is 0 Å². The monoisotopic (exact) mass is 307 g/mol. The van der Waals surface area contributed by atoms with E-state index >= 15 is 0 Å². The van der Waals surface area contributed by atoms with E-state index in [4.69, 9.17) is 23.2 Å². The van der Waals surface area contributed by atoms with E-state index in [9.17, 15) is 0 Å². The van der Waals surface area contributed by atoms with Gasteiger partial charge in [0.25, 0.3) is 0 Å². The van der Waals surface area contributed by atoms with Crippen molar-refractivity contribution < 1.29 is 0 Å². The molecule has 0 radical (unpaired) electrons. The van der Waals surface area contributed by atoms with E-state index in [1.807, 2.05) is 24.3 Å². The van der Waals surface area contributed by atoms with Crippen LogP contribution >= 0.6 is 23.2 Å². The number of benzene rings is 2. The topological polar surface area (TPSA) is 12.0 Å². The van der Waals surface area contributed by atoms with Gasteiger partial charge < -0.3 is 5.32 Å². The van der Waals surface area contributed by atoms with Gasteiger partial charge >= 0.3 is 0 Å². The molecular formula is C17H19Cl2N. The maximum Gasteiger partial charge on any atom is 0.0454 e. The SMILES string of the molecule is CC(CNC(C)c1cc(Cl)ccc1Cl)c1ccccc1. The minimum atomic E-state index is 0.173.